The van der Waals surface area contributed by atoms with E-state index in [0.717, 1.165) is 19.4 Å². The van der Waals surface area contributed by atoms with Crippen molar-refractivity contribution in [2.75, 3.05) is 33.9 Å². The van der Waals surface area contributed by atoms with Crippen molar-refractivity contribution in [2.45, 2.75) is 53.1 Å². The summed E-state index contributed by atoms with van der Waals surface area (Å²) >= 11 is 0. The van der Waals surface area contributed by atoms with Crippen LogP contribution in [0.4, 0.5) is 0 Å². The highest BCUT2D eigenvalue weighted by atomic mass is 16.6. The van der Waals surface area contributed by atoms with Crippen LogP contribution >= 0.6 is 0 Å². The minimum atomic E-state index is -0.818. The lowest BCUT2D eigenvalue weighted by Crippen LogP contribution is -2.29. The predicted molar refractivity (Wildman–Crippen MR) is 105 cm³/mol. The molecule has 0 aliphatic rings. The Kier molecular flexibility index (Phi) is 16.1. The maximum Gasteiger partial charge on any atom is 0.347 e. The van der Waals surface area contributed by atoms with Gasteiger partial charge < -0.3 is 19.1 Å². The number of hydrogen-bond donors (Lipinski definition) is 0. The average molecular weight is 386 g/mol. The SMILES string of the molecule is C=C(C)C(=O)OC(CC)C(=O)OCCCC.C=C(C)C(=O)OCCN(C)C. The van der Waals surface area contributed by atoms with Crippen molar-refractivity contribution in [3.05, 3.63) is 24.3 Å². The van der Waals surface area contributed by atoms with Gasteiger partial charge in [0.05, 0.1) is 6.61 Å². The predicted octanol–water partition coefficient (Wildman–Crippen LogP) is 2.89. The molecule has 156 valence electrons. The second-order valence-corrected chi connectivity index (χ2v) is 6.32. The van der Waals surface area contributed by atoms with E-state index in [9.17, 15) is 14.4 Å². The van der Waals surface area contributed by atoms with Gasteiger partial charge in [-0.25, -0.2) is 14.4 Å². The molecule has 0 bridgehead atoms. The van der Waals surface area contributed by atoms with Gasteiger partial charge in [0.1, 0.15) is 6.61 Å². The van der Waals surface area contributed by atoms with Crippen molar-refractivity contribution in [2.24, 2.45) is 0 Å². The molecule has 0 saturated carbocycles. The minimum Gasteiger partial charge on any atom is -0.463 e. The summed E-state index contributed by atoms with van der Waals surface area (Å²) in [5.41, 5.74) is 0.726. The summed E-state index contributed by atoms with van der Waals surface area (Å²) in [6.07, 6.45) is 1.36. The second kappa shape index (κ2) is 16.1. The van der Waals surface area contributed by atoms with E-state index in [4.69, 9.17) is 14.2 Å². The zero-order chi connectivity index (χ0) is 21.4. The standard InChI is InChI=1S/C12H20O4.C8H15NO2/c1-5-7-8-15-12(14)10(6-2)16-11(13)9(3)4;1-7(2)8(10)11-6-5-9(3)4/h10H,3,5-8H2,1-2,4H3;1,5-6H2,2-4H3. The highest BCUT2D eigenvalue weighted by Gasteiger charge is 2.22. The molecule has 0 heterocycles. The fraction of sp³-hybridized carbons (Fsp3) is 0.650. The molecule has 0 saturated heterocycles. The summed E-state index contributed by atoms with van der Waals surface area (Å²) in [6, 6.07) is 0. The van der Waals surface area contributed by atoms with E-state index in [-0.39, 0.29) is 11.5 Å². The molecule has 0 fully saturated rings. The van der Waals surface area contributed by atoms with E-state index in [2.05, 4.69) is 13.2 Å². The first-order valence-corrected chi connectivity index (χ1v) is 9.07. The molecule has 0 aliphatic carbocycles. The van der Waals surface area contributed by atoms with Crippen LogP contribution in [0, 0.1) is 0 Å². The number of likely N-dealkylation sites (N-methyl/N-ethyl adjacent to an activating group) is 1. The average Bonchev–Trinajstić information content (AvgIpc) is 2.59. The lowest BCUT2D eigenvalue weighted by atomic mass is 10.2. The molecule has 1 unspecified atom stereocenters. The molecule has 0 N–H and O–H groups in total. The molecular formula is C20H35NO6. The first-order chi connectivity index (χ1) is 12.6. The molecular weight excluding hydrogens is 350 g/mol. The molecule has 0 amide bonds. The van der Waals surface area contributed by atoms with Crippen molar-refractivity contribution in [3.63, 3.8) is 0 Å². The number of nitrogens with zero attached hydrogens (tertiary/aromatic N) is 1. The number of ether oxygens (including phenoxy) is 3. The second-order valence-electron chi connectivity index (χ2n) is 6.32. The van der Waals surface area contributed by atoms with Gasteiger partial charge in [0, 0.05) is 17.7 Å². The molecule has 0 rings (SSSR count). The Balaban J connectivity index is 0. The van der Waals surface area contributed by atoms with Gasteiger partial charge in [-0.05, 0) is 40.8 Å². The number of hydrogen-bond acceptors (Lipinski definition) is 7. The van der Waals surface area contributed by atoms with Gasteiger partial charge in [0.15, 0.2) is 6.10 Å². The van der Waals surface area contributed by atoms with Gasteiger partial charge in [-0.2, -0.15) is 0 Å². The van der Waals surface area contributed by atoms with Crippen LogP contribution in [0.15, 0.2) is 24.3 Å². The van der Waals surface area contributed by atoms with Gasteiger partial charge in [0.2, 0.25) is 0 Å². The Morgan fingerprint density at radius 1 is 0.926 bits per heavy atom. The molecule has 27 heavy (non-hydrogen) atoms. The summed E-state index contributed by atoms with van der Waals surface area (Å²) in [6.45, 7) is 15.4. The van der Waals surface area contributed by atoms with E-state index < -0.39 is 18.0 Å². The third-order valence-corrected chi connectivity index (χ3v) is 3.09. The van der Waals surface area contributed by atoms with Crippen molar-refractivity contribution in [1.82, 2.24) is 4.90 Å². The molecule has 0 radical (unpaired) electrons. The number of esters is 3. The van der Waals surface area contributed by atoms with E-state index in [1.165, 1.54) is 6.92 Å². The number of unbranched alkanes of at least 4 members (excludes halogenated alkanes) is 1. The summed E-state index contributed by atoms with van der Waals surface area (Å²) in [7, 11) is 3.85. The quantitative estimate of drug-likeness (QED) is 0.234. The summed E-state index contributed by atoms with van der Waals surface area (Å²) < 4.78 is 14.7. The van der Waals surface area contributed by atoms with E-state index in [1.807, 2.05) is 25.9 Å². The Labute approximate surface area is 163 Å². The molecule has 0 aromatic carbocycles. The van der Waals surface area contributed by atoms with Gasteiger partial charge in [0.25, 0.3) is 0 Å². The molecule has 7 heteroatoms. The van der Waals surface area contributed by atoms with Gasteiger partial charge in [-0.1, -0.05) is 33.4 Å². The molecule has 0 aromatic heterocycles. The molecule has 0 aromatic rings. The molecule has 0 spiro atoms. The van der Waals surface area contributed by atoms with Crippen LogP contribution < -0.4 is 0 Å². The fourth-order valence-corrected chi connectivity index (χ4v) is 1.38. The van der Waals surface area contributed by atoms with Crippen LogP contribution in [0.5, 0.6) is 0 Å². The third kappa shape index (κ3) is 15.8. The van der Waals surface area contributed by atoms with Crippen LogP contribution in [0.2, 0.25) is 0 Å². The van der Waals surface area contributed by atoms with Crippen LogP contribution in [0.25, 0.3) is 0 Å². The van der Waals surface area contributed by atoms with E-state index >= 15 is 0 Å². The van der Waals surface area contributed by atoms with E-state index in [0.29, 0.717) is 25.2 Å². The lowest BCUT2D eigenvalue weighted by Gasteiger charge is -2.14. The van der Waals surface area contributed by atoms with Crippen molar-refractivity contribution >= 4 is 17.9 Å². The monoisotopic (exact) mass is 385 g/mol. The topological polar surface area (TPSA) is 82.1 Å². The number of rotatable bonds is 11. The highest BCUT2D eigenvalue weighted by molar-refractivity contribution is 5.89. The zero-order valence-electron chi connectivity index (χ0n) is 17.6. The van der Waals surface area contributed by atoms with Crippen LogP contribution in [-0.4, -0.2) is 62.8 Å². The molecule has 0 aliphatic heterocycles. The summed E-state index contributed by atoms with van der Waals surface area (Å²) in [4.78, 5) is 35.4. The van der Waals surface area contributed by atoms with Crippen LogP contribution in [0.3, 0.4) is 0 Å². The Morgan fingerprint density at radius 2 is 1.48 bits per heavy atom. The fourth-order valence-electron chi connectivity index (χ4n) is 1.38. The summed E-state index contributed by atoms with van der Waals surface area (Å²) in [5, 5.41) is 0. The van der Waals surface area contributed by atoms with Crippen molar-refractivity contribution < 1.29 is 28.6 Å². The summed E-state index contributed by atoms with van der Waals surface area (Å²) in [5.74, 6) is -1.35. The Morgan fingerprint density at radius 3 is 1.89 bits per heavy atom. The first-order valence-electron chi connectivity index (χ1n) is 9.07. The maximum absolute atomic E-state index is 11.5. The number of carbonyl (C=O) groups is 3. The van der Waals surface area contributed by atoms with Gasteiger partial charge >= 0.3 is 17.9 Å². The largest absolute Gasteiger partial charge is 0.463 e. The smallest absolute Gasteiger partial charge is 0.347 e. The highest BCUT2D eigenvalue weighted by Crippen LogP contribution is 2.05. The lowest BCUT2D eigenvalue weighted by molar-refractivity contribution is -0.165. The number of carbonyl (C=O) groups excluding carboxylic acids is 3. The van der Waals surface area contributed by atoms with Crippen molar-refractivity contribution in [3.8, 4) is 0 Å². The third-order valence-electron chi connectivity index (χ3n) is 3.09. The zero-order valence-corrected chi connectivity index (χ0v) is 17.6. The normalized spacial score (nSPS) is 10.9. The van der Waals surface area contributed by atoms with Crippen LogP contribution in [-0.2, 0) is 28.6 Å². The molecule has 1 atom stereocenters. The van der Waals surface area contributed by atoms with E-state index in [1.54, 1.807) is 13.8 Å². The Bertz CT molecular complexity index is 499. The van der Waals surface area contributed by atoms with Crippen molar-refractivity contribution in [1.29, 1.82) is 0 Å². The first kappa shape index (κ1) is 27.1. The van der Waals surface area contributed by atoms with Gasteiger partial charge in [-0.3, -0.25) is 0 Å². The van der Waals surface area contributed by atoms with Gasteiger partial charge in [-0.15, -0.1) is 0 Å². The maximum atomic E-state index is 11.5. The molecule has 7 nitrogen and oxygen atoms in total. The van der Waals surface area contributed by atoms with Crippen LogP contribution in [0.1, 0.15) is 47.0 Å². The minimum absolute atomic E-state index is 0.278. The Hall–Kier alpha value is -2.15.